The summed E-state index contributed by atoms with van der Waals surface area (Å²) < 4.78 is 2.32. The zero-order chi connectivity index (χ0) is 18.9. The summed E-state index contributed by atoms with van der Waals surface area (Å²) in [5.41, 5.74) is 13.9. The third-order valence-corrected chi connectivity index (χ3v) is 7.48. The van der Waals surface area contributed by atoms with Crippen molar-refractivity contribution in [1.82, 2.24) is 0 Å². The molecule has 5 nitrogen and oxygen atoms in total. The molecule has 0 atom stereocenters. The van der Waals surface area contributed by atoms with Crippen LogP contribution in [0.5, 0.6) is 0 Å². The number of benzene rings is 2. The van der Waals surface area contributed by atoms with E-state index in [1.165, 1.54) is 0 Å². The fourth-order valence-corrected chi connectivity index (χ4v) is 6.04. The number of anilines is 2. The highest BCUT2D eigenvalue weighted by molar-refractivity contribution is 9.11. The zero-order valence-corrected chi connectivity index (χ0v) is 20.1. The smallest absolute Gasteiger partial charge is 0.293 e. The van der Waals surface area contributed by atoms with Crippen LogP contribution in [-0.2, 0) is 0 Å². The van der Waals surface area contributed by atoms with E-state index in [9.17, 15) is 10.1 Å². The van der Waals surface area contributed by atoms with E-state index < -0.39 is 4.92 Å². The van der Waals surface area contributed by atoms with Gasteiger partial charge in [-0.3, -0.25) is 10.1 Å². The fourth-order valence-electron chi connectivity index (χ4n) is 2.26. The van der Waals surface area contributed by atoms with Crippen LogP contribution in [0.2, 0.25) is 0 Å². The first-order chi connectivity index (χ1) is 11.7. The lowest BCUT2D eigenvalue weighted by Crippen LogP contribution is -2.04. The fraction of sp³-hybridized carbons (Fsp3) is 0.200. The quantitative estimate of drug-likeness (QED) is 0.163. The second-order valence-electron chi connectivity index (χ2n) is 5.04. The molecular formula is C15H13Br4N3O2S. The molecule has 0 aliphatic carbocycles. The molecule has 0 radical (unpaired) electrons. The van der Waals surface area contributed by atoms with Gasteiger partial charge in [-0.1, -0.05) is 6.92 Å². The van der Waals surface area contributed by atoms with E-state index >= 15 is 0 Å². The molecule has 2 aromatic rings. The van der Waals surface area contributed by atoms with Crippen LogP contribution in [0.3, 0.4) is 0 Å². The molecule has 0 aliphatic heterocycles. The summed E-state index contributed by atoms with van der Waals surface area (Å²) in [5, 5.41) is 11.7. The van der Waals surface area contributed by atoms with Crippen molar-refractivity contribution in [3.63, 3.8) is 0 Å². The summed E-state index contributed by atoms with van der Waals surface area (Å²) in [5.74, 6) is 0.843. The summed E-state index contributed by atoms with van der Waals surface area (Å²) in [4.78, 5) is 12.1. The van der Waals surface area contributed by atoms with Crippen molar-refractivity contribution in [2.75, 3.05) is 17.2 Å². The van der Waals surface area contributed by atoms with Gasteiger partial charge in [0.15, 0.2) is 0 Å². The molecule has 4 N–H and O–H groups in total. The van der Waals surface area contributed by atoms with E-state index in [4.69, 9.17) is 11.5 Å². The number of halogens is 4. The van der Waals surface area contributed by atoms with E-state index in [1.54, 1.807) is 17.8 Å². The molecule has 0 amide bonds. The molecule has 0 spiro atoms. The van der Waals surface area contributed by atoms with Crippen LogP contribution in [0.1, 0.15) is 13.3 Å². The monoisotopic (exact) mass is 615 g/mol. The van der Waals surface area contributed by atoms with Crippen molar-refractivity contribution in [1.29, 1.82) is 0 Å². The Bertz CT molecular complexity index is 862. The molecule has 0 fully saturated rings. The molecule has 0 saturated carbocycles. The zero-order valence-electron chi connectivity index (χ0n) is 12.9. The first-order valence-corrected chi connectivity index (χ1v) is 11.2. The van der Waals surface area contributed by atoms with Crippen LogP contribution in [0.15, 0.2) is 34.9 Å². The first-order valence-electron chi connectivity index (χ1n) is 7.03. The Balaban J connectivity index is 2.98. The number of hydrogen-bond acceptors (Lipinski definition) is 5. The molecule has 0 aliphatic rings. The van der Waals surface area contributed by atoms with Gasteiger partial charge in [0.2, 0.25) is 0 Å². The molecule has 2 aromatic carbocycles. The third kappa shape index (κ3) is 4.18. The van der Waals surface area contributed by atoms with Crippen LogP contribution in [0.25, 0.3) is 11.1 Å². The Kier molecular flexibility index (Phi) is 7.23. The van der Waals surface area contributed by atoms with Crippen molar-refractivity contribution in [2.45, 2.75) is 18.2 Å². The highest BCUT2D eigenvalue weighted by Crippen LogP contribution is 2.52. The lowest BCUT2D eigenvalue weighted by atomic mass is 10.00. The Morgan fingerprint density at radius 1 is 1.00 bits per heavy atom. The van der Waals surface area contributed by atoms with E-state index in [1.807, 2.05) is 6.07 Å². The Morgan fingerprint density at radius 2 is 1.52 bits per heavy atom. The maximum Gasteiger partial charge on any atom is 0.293 e. The minimum Gasteiger partial charge on any atom is -0.397 e. The molecule has 0 unspecified atom stereocenters. The van der Waals surface area contributed by atoms with Gasteiger partial charge in [-0.2, -0.15) is 0 Å². The number of nitro benzene ring substituents is 1. The topological polar surface area (TPSA) is 95.2 Å². The van der Waals surface area contributed by atoms with Gasteiger partial charge >= 0.3 is 0 Å². The number of nitrogen functional groups attached to an aromatic ring is 2. The van der Waals surface area contributed by atoms with Gasteiger partial charge in [0.25, 0.3) is 5.69 Å². The minimum atomic E-state index is -0.454. The summed E-state index contributed by atoms with van der Waals surface area (Å²) in [6, 6.07) is 3.41. The van der Waals surface area contributed by atoms with E-state index in [2.05, 4.69) is 70.6 Å². The van der Waals surface area contributed by atoms with E-state index in [0.29, 0.717) is 30.2 Å². The summed E-state index contributed by atoms with van der Waals surface area (Å²) >= 11 is 15.2. The lowest BCUT2D eigenvalue weighted by molar-refractivity contribution is -0.384. The van der Waals surface area contributed by atoms with Crippen LogP contribution < -0.4 is 11.5 Å². The Hall–Kier alpha value is -0.290. The highest BCUT2D eigenvalue weighted by Gasteiger charge is 2.29. The number of nitrogens with two attached hydrogens (primary N) is 2. The third-order valence-electron chi connectivity index (χ3n) is 3.35. The van der Waals surface area contributed by atoms with Crippen molar-refractivity contribution in [2.24, 2.45) is 0 Å². The molecular weight excluding hydrogens is 606 g/mol. The molecule has 0 saturated heterocycles. The molecule has 2 rings (SSSR count). The maximum absolute atomic E-state index is 11.7. The second kappa shape index (κ2) is 8.60. The minimum absolute atomic E-state index is 0.115. The van der Waals surface area contributed by atoms with Gasteiger partial charge in [0.05, 0.1) is 26.3 Å². The van der Waals surface area contributed by atoms with Crippen LogP contribution >= 0.6 is 75.5 Å². The van der Waals surface area contributed by atoms with Gasteiger partial charge in [-0.25, -0.2) is 0 Å². The van der Waals surface area contributed by atoms with Crippen molar-refractivity contribution < 1.29 is 4.92 Å². The number of thioether (sulfide) groups is 1. The summed E-state index contributed by atoms with van der Waals surface area (Å²) in [6.45, 7) is 2.06. The largest absolute Gasteiger partial charge is 0.397 e. The second-order valence-corrected chi connectivity index (χ2v) is 9.56. The van der Waals surface area contributed by atoms with E-state index in [0.717, 1.165) is 21.5 Å². The van der Waals surface area contributed by atoms with Crippen LogP contribution in [0, 0.1) is 10.1 Å². The van der Waals surface area contributed by atoms with Gasteiger partial charge in [-0.15, -0.1) is 11.8 Å². The van der Waals surface area contributed by atoms with Gasteiger partial charge in [-0.05, 0) is 88.0 Å². The molecule has 0 aromatic heterocycles. The van der Waals surface area contributed by atoms with Gasteiger partial charge in [0.1, 0.15) is 0 Å². The van der Waals surface area contributed by atoms with Crippen LogP contribution in [-0.4, -0.2) is 10.7 Å². The summed E-state index contributed by atoms with van der Waals surface area (Å²) in [6.07, 6.45) is 0.951. The molecule has 0 bridgehead atoms. The number of rotatable bonds is 5. The SMILES string of the molecule is CCCSc1c(Br)cc(Br)c(N)c1-c1c(N)c(Br)cc(Br)c1[N+](=O)[O-]. The van der Waals surface area contributed by atoms with Crippen molar-refractivity contribution in [3.05, 3.63) is 40.1 Å². The predicted octanol–water partition coefficient (Wildman–Crippen LogP) is 6.98. The molecule has 10 heteroatoms. The van der Waals surface area contributed by atoms with Crippen molar-refractivity contribution in [3.8, 4) is 11.1 Å². The molecule has 25 heavy (non-hydrogen) atoms. The average Bonchev–Trinajstić information content (AvgIpc) is 2.52. The molecule has 0 heterocycles. The van der Waals surface area contributed by atoms with Gasteiger partial charge < -0.3 is 11.5 Å². The Morgan fingerprint density at radius 3 is 2.04 bits per heavy atom. The number of hydrogen-bond donors (Lipinski definition) is 2. The number of nitrogens with zero attached hydrogens (tertiary/aromatic N) is 1. The Labute approximate surface area is 183 Å². The first kappa shape index (κ1) is 21.0. The average molecular weight is 619 g/mol. The normalized spacial score (nSPS) is 10.9. The van der Waals surface area contributed by atoms with Crippen molar-refractivity contribution >= 4 is 92.5 Å². The standard InChI is InChI=1S/C15H13Br4N3O2S/c1-2-3-25-15-9(19)5-7(17)13(21)11(15)10-12(20)6(16)4-8(18)14(10)22(23)24/h4-5H,2-3,20-21H2,1H3. The van der Waals surface area contributed by atoms with Gasteiger partial charge in [0, 0.05) is 23.9 Å². The summed E-state index contributed by atoms with van der Waals surface area (Å²) in [7, 11) is 0. The maximum atomic E-state index is 11.7. The lowest BCUT2D eigenvalue weighted by Gasteiger charge is -2.18. The highest BCUT2D eigenvalue weighted by atomic mass is 79.9. The molecule has 134 valence electrons. The van der Waals surface area contributed by atoms with E-state index in [-0.39, 0.29) is 11.4 Å². The van der Waals surface area contributed by atoms with Crippen LogP contribution in [0.4, 0.5) is 17.1 Å². The number of nitro groups is 1. The predicted molar refractivity (Wildman–Crippen MR) is 119 cm³/mol.